The van der Waals surface area contributed by atoms with Crippen LogP contribution < -0.4 is 10.6 Å². The number of hydrogen-bond acceptors (Lipinski definition) is 4. The molecular weight excluding hydrogens is 489 g/mol. The largest absolute Gasteiger partial charge is 0.379 e. The van der Waals surface area contributed by atoms with Gasteiger partial charge in [0.05, 0.1) is 19.3 Å². The van der Waals surface area contributed by atoms with Gasteiger partial charge in [-0.2, -0.15) is 0 Å². The van der Waals surface area contributed by atoms with Crippen LogP contribution in [0.2, 0.25) is 0 Å². The monoisotopic (exact) mass is 531 g/mol. The molecule has 1 aromatic rings. The molecule has 0 radical (unpaired) electrons. The van der Waals surface area contributed by atoms with E-state index in [1.807, 2.05) is 7.05 Å². The van der Waals surface area contributed by atoms with Gasteiger partial charge >= 0.3 is 0 Å². The molecule has 0 bridgehead atoms. The minimum atomic E-state index is 0. The number of hydrogen-bond donors (Lipinski definition) is 2. The smallest absolute Gasteiger partial charge is 0.191 e. The van der Waals surface area contributed by atoms with E-state index in [0.29, 0.717) is 18.1 Å². The molecule has 0 amide bonds. The van der Waals surface area contributed by atoms with E-state index in [2.05, 4.69) is 83.5 Å². The van der Waals surface area contributed by atoms with Gasteiger partial charge in [-0.25, -0.2) is 0 Å². The van der Waals surface area contributed by atoms with E-state index in [-0.39, 0.29) is 24.0 Å². The summed E-state index contributed by atoms with van der Waals surface area (Å²) in [6, 6.07) is 12.2. The molecule has 1 atom stereocenters. The molecule has 7 heteroatoms. The van der Waals surface area contributed by atoms with Crippen LogP contribution in [0.5, 0.6) is 0 Å². The van der Waals surface area contributed by atoms with Crippen molar-refractivity contribution in [1.29, 1.82) is 0 Å². The fourth-order valence-corrected chi connectivity index (χ4v) is 4.02. The molecule has 1 aliphatic rings. The lowest BCUT2D eigenvalue weighted by molar-refractivity contribution is 0.0170. The molecule has 1 saturated heterocycles. The Bertz CT molecular complexity index is 583. The van der Waals surface area contributed by atoms with Crippen molar-refractivity contribution < 1.29 is 4.74 Å². The van der Waals surface area contributed by atoms with Crippen LogP contribution in [-0.2, 0) is 4.74 Å². The molecule has 0 saturated carbocycles. The molecule has 1 heterocycles. The van der Waals surface area contributed by atoms with Gasteiger partial charge in [0.25, 0.3) is 0 Å². The third kappa shape index (κ3) is 9.08. The number of guanidine groups is 1. The third-order valence-corrected chi connectivity index (χ3v) is 5.57. The summed E-state index contributed by atoms with van der Waals surface area (Å²) in [6.45, 7) is 15.5. The molecule has 0 aliphatic carbocycles. The van der Waals surface area contributed by atoms with Crippen molar-refractivity contribution in [1.82, 2.24) is 20.4 Å². The fraction of sp³-hybridized carbons (Fsp3) is 0.696. The molecule has 172 valence electrons. The van der Waals surface area contributed by atoms with Gasteiger partial charge in [-0.05, 0) is 39.7 Å². The predicted octanol–water partition coefficient (Wildman–Crippen LogP) is 3.35. The maximum Gasteiger partial charge on any atom is 0.191 e. The topological polar surface area (TPSA) is 52.1 Å². The first-order valence-corrected chi connectivity index (χ1v) is 11.1. The molecule has 1 aromatic carbocycles. The van der Waals surface area contributed by atoms with Gasteiger partial charge in [-0.1, -0.05) is 30.3 Å². The molecule has 0 aromatic heterocycles. The normalized spacial score (nSPS) is 16.6. The van der Waals surface area contributed by atoms with Gasteiger partial charge in [-0.15, -0.1) is 24.0 Å². The highest BCUT2D eigenvalue weighted by molar-refractivity contribution is 14.0. The highest BCUT2D eigenvalue weighted by atomic mass is 127. The van der Waals surface area contributed by atoms with Crippen molar-refractivity contribution in [3.8, 4) is 0 Å². The summed E-state index contributed by atoms with van der Waals surface area (Å²) in [6.07, 6.45) is 1.10. The Morgan fingerprint density at radius 2 is 1.70 bits per heavy atom. The average molecular weight is 532 g/mol. The zero-order valence-corrected chi connectivity index (χ0v) is 21.8. The molecule has 2 rings (SSSR count). The Labute approximate surface area is 200 Å². The van der Waals surface area contributed by atoms with Crippen LogP contribution in [-0.4, -0.2) is 80.8 Å². The van der Waals surface area contributed by atoms with Gasteiger partial charge in [0.1, 0.15) is 0 Å². The van der Waals surface area contributed by atoms with E-state index < -0.39 is 0 Å². The number of aliphatic imine (C=N–C) groups is 1. The maximum atomic E-state index is 5.55. The molecule has 1 fully saturated rings. The van der Waals surface area contributed by atoms with Crippen LogP contribution in [0.4, 0.5) is 0 Å². The number of rotatable bonds is 10. The van der Waals surface area contributed by atoms with E-state index in [1.165, 1.54) is 5.56 Å². The van der Waals surface area contributed by atoms with Gasteiger partial charge in [0.2, 0.25) is 0 Å². The average Bonchev–Trinajstić information content (AvgIpc) is 2.73. The summed E-state index contributed by atoms with van der Waals surface area (Å²) in [7, 11) is 1.84. The summed E-state index contributed by atoms with van der Waals surface area (Å²) in [5, 5.41) is 7.02. The quantitative estimate of drug-likeness (QED) is 0.210. The Hall–Kier alpha value is -0.900. The van der Waals surface area contributed by atoms with Crippen molar-refractivity contribution >= 4 is 29.9 Å². The molecule has 2 N–H and O–H groups in total. The first kappa shape index (κ1) is 27.1. The van der Waals surface area contributed by atoms with Crippen molar-refractivity contribution in [3.05, 3.63) is 35.9 Å². The Kier molecular flexibility index (Phi) is 13.6. The van der Waals surface area contributed by atoms with E-state index in [4.69, 9.17) is 4.74 Å². The summed E-state index contributed by atoms with van der Waals surface area (Å²) in [5.74, 6) is 0.875. The highest BCUT2D eigenvalue weighted by Crippen LogP contribution is 2.21. The van der Waals surface area contributed by atoms with Gasteiger partial charge in [-0.3, -0.25) is 14.8 Å². The van der Waals surface area contributed by atoms with Crippen molar-refractivity contribution in [2.24, 2.45) is 4.99 Å². The van der Waals surface area contributed by atoms with Gasteiger partial charge < -0.3 is 15.4 Å². The second kappa shape index (κ2) is 15.0. The minimum absolute atomic E-state index is 0. The summed E-state index contributed by atoms with van der Waals surface area (Å²) < 4.78 is 5.55. The van der Waals surface area contributed by atoms with Crippen LogP contribution in [0.25, 0.3) is 0 Å². The summed E-state index contributed by atoms with van der Waals surface area (Å²) in [5.41, 5.74) is 1.34. The second-order valence-electron chi connectivity index (χ2n) is 8.23. The Balaban J connectivity index is 0.00000450. The minimum Gasteiger partial charge on any atom is -0.379 e. The fourth-order valence-electron chi connectivity index (χ4n) is 4.02. The Morgan fingerprint density at radius 3 is 2.27 bits per heavy atom. The van der Waals surface area contributed by atoms with E-state index >= 15 is 0 Å². The standard InChI is InChI=1S/C23H41N5O.HI/c1-19(2)28(20(3)4)13-9-12-25-23(24-5)26-18-22(21-10-7-6-8-11-21)27-14-16-29-17-15-27;/h6-8,10-11,19-20,22H,9,12-18H2,1-5H3,(H2,24,25,26);1H. The van der Waals surface area contributed by atoms with Crippen LogP contribution in [0.1, 0.15) is 45.7 Å². The van der Waals surface area contributed by atoms with Crippen LogP contribution in [0.3, 0.4) is 0 Å². The zero-order chi connectivity index (χ0) is 21.1. The second-order valence-corrected chi connectivity index (χ2v) is 8.23. The predicted molar refractivity (Wildman–Crippen MR) is 138 cm³/mol. The van der Waals surface area contributed by atoms with Crippen molar-refractivity contribution in [3.63, 3.8) is 0 Å². The SMILES string of the molecule is CN=C(NCCCN(C(C)C)C(C)C)NCC(c1ccccc1)N1CCOCC1.I. The molecule has 6 nitrogen and oxygen atoms in total. The number of ether oxygens (including phenoxy) is 1. The van der Waals surface area contributed by atoms with E-state index in [0.717, 1.165) is 58.3 Å². The highest BCUT2D eigenvalue weighted by Gasteiger charge is 2.22. The number of morpholine rings is 1. The molecule has 30 heavy (non-hydrogen) atoms. The van der Waals surface area contributed by atoms with Crippen LogP contribution >= 0.6 is 24.0 Å². The first-order valence-electron chi connectivity index (χ1n) is 11.1. The van der Waals surface area contributed by atoms with Gasteiger partial charge in [0, 0.05) is 51.9 Å². The Morgan fingerprint density at radius 1 is 1.07 bits per heavy atom. The number of benzene rings is 1. The summed E-state index contributed by atoms with van der Waals surface area (Å²) in [4.78, 5) is 9.46. The van der Waals surface area contributed by atoms with E-state index in [9.17, 15) is 0 Å². The molecule has 0 spiro atoms. The number of nitrogens with one attached hydrogen (secondary N) is 2. The summed E-state index contributed by atoms with van der Waals surface area (Å²) >= 11 is 0. The van der Waals surface area contributed by atoms with Crippen LogP contribution in [0.15, 0.2) is 35.3 Å². The molecule has 1 aliphatic heterocycles. The lowest BCUT2D eigenvalue weighted by atomic mass is 10.0. The lowest BCUT2D eigenvalue weighted by Gasteiger charge is -2.35. The van der Waals surface area contributed by atoms with Crippen molar-refractivity contribution in [2.45, 2.75) is 52.2 Å². The zero-order valence-electron chi connectivity index (χ0n) is 19.4. The molecular formula is C23H42IN5O. The van der Waals surface area contributed by atoms with Crippen LogP contribution in [0, 0.1) is 0 Å². The lowest BCUT2D eigenvalue weighted by Crippen LogP contribution is -2.46. The first-order chi connectivity index (χ1) is 14.0. The number of halogens is 1. The maximum absolute atomic E-state index is 5.55. The third-order valence-electron chi connectivity index (χ3n) is 5.57. The number of nitrogens with zero attached hydrogens (tertiary/aromatic N) is 3. The molecule has 1 unspecified atom stereocenters. The van der Waals surface area contributed by atoms with Crippen molar-refractivity contribution in [2.75, 3.05) is 53.0 Å². The van der Waals surface area contributed by atoms with Gasteiger partial charge in [0.15, 0.2) is 5.96 Å². The van der Waals surface area contributed by atoms with E-state index in [1.54, 1.807) is 0 Å².